The summed E-state index contributed by atoms with van der Waals surface area (Å²) in [5.74, 6) is 0.166. The number of aromatic carboxylic acids is 1. The van der Waals surface area contributed by atoms with Crippen molar-refractivity contribution in [3.05, 3.63) is 119 Å². The van der Waals surface area contributed by atoms with Crippen molar-refractivity contribution in [2.75, 3.05) is 31.2 Å². The number of carboxylic acid groups (broad SMARTS) is 1. The van der Waals surface area contributed by atoms with Crippen LogP contribution in [0, 0.1) is 5.92 Å². The van der Waals surface area contributed by atoms with Gasteiger partial charge in [0.05, 0.1) is 30.9 Å². The van der Waals surface area contributed by atoms with Gasteiger partial charge < -0.3 is 24.8 Å². The van der Waals surface area contributed by atoms with Crippen molar-refractivity contribution in [2.24, 2.45) is 5.92 Å². The topological polar surface area (TPSA) is 147 Å². The first-order valence-corrected chi connectivity index (χ1v) is 21.2. The second-order valence-electron chi connectivity index (χ2n) is 14.9. The summed E-state index contributed by atoms with van der Waals surface area (Å²) in [5.41, 5.74) is 6.47. The minimum absolute atomic E-state index is 0.0831. The maximum atomic E-state index is 13.1. The lowest BCUT2D eigenvalue weighted by Gasteiger charge is -2.33. The van der Waals surface area contributed by atoms with Gasteiger partial charge in [0.25, 0.3) is 5.24 Å². The summed E-state index contributed by atoms with van der Waals surface area (Å²) in [6.45, 7) is 11.3. The molecule has 2 fully saturated rings. The highest BCUT2D eigenvalue weighted by molar-refractivity contribution is 8.15. The number of anilines is 1. The first-order valence-electron chi connectivity index (χ1n) is 20.3. The fraction of sp³-hybridized carbons (Fsp3) is 0.413. The number of hydrogen-bond acceptors (Lipinski definition) is 9. The Labute approximate surface area is 346 Å². The molecule has 11 nitrogen and oxygen atoms in total. The quantitative estimate of drug-likeness (QED) is 0.0951. The van der Waals surface area contributed by atoms with Crippen LogP contribution in [0.5, 0.6) is 11.5 Å². The third-order valence-electron chi connectivity index (χ3n) is 10.0. The number of pyridine rings is 1. The van der Waals surface area contributed by atoms with Crippen LogP contribution in [0.3, 0.4) is 0 Å². The van der Waals surface area contributed by atoms with Crippen LogP contribution in [0.1, 0.15) is 97.7 Å². The van der Waals surface area contributed by atoms with Crippen molar-refractivity contribution < 1.29 is 33.8 Å². The molecule has 58 heavy (non-hydrogen) atoms. The minimum Gasteiger partial charge on any atom is -0.493 e. The molecule has 2 atom stereocenters. The number of amides is 3. The van der Waals surface area contributed by atoms with Crippen LogP contribution in [0.4, 0.5) is 10.5 Å². The molecule has 0 bridgehead atoms. The normalized spacial score (nSPS) is 15.6. The number of thioether (sulfide) groups is 1. The molecule has 4 aromatic rings. The van der Waals surface area contributed by atoms with Gasteiger partial charge in [-0.1, -0.05) is 75.0 Å². The van der Waals surface area contributed by atoms with Crippen LogP contribution in [0.2, 0.25) is 0 Å². The number of rotatable bonds is 17. The van der Waals surface area contributed by atoms with Crippen molar-refractivity contribution in [3.8, 4) is 11.5 Å². The Bertz CT molecular complexity index is 1980. The van der Waals surface area contributed by atoms with E-state index in [0.29, 0.717) is 31.3 Å². The van der Waals surface area contributed by atoms with E-state index >= 15 is 0 Å². The van der Waals surface area contributed by atoms with E-state index < -0.39 is 5.97 Å². The number of aromatic nitrogens is 1. The molecule has 3 aromatic carbocycles. The van der Waals surface area contributed by atoms with Crippen molar-refractivity contribution >= 4 is 40.5 Å². The Hall–Kier alpha value is -5.36. The van der Waals surface area contributed by atoms with E-state index in [2.05, 4.69) is 65.6 Å². The lowest BCUT2D eigenvalue weighted by molar-refractivity contribution is -0.121. The molecule has 3 amide bonds. The monoisotopic (exact) mass is 808 g/mol. The van der Waals surface area contributed by atoms with E-state index in [1.807, 2.05) is 42.6 Å². The zero-order valence-corrected chi connectivity index (χ0v) is 34.8. The maximum Gasteiger partial charge on any atom is 0.339 e. The molecule has 308 valence electrons. The van der Waals surface area contributed by atoms with Crippen molar-refractivity contribution in [3.63, 3.8) is 0 Å². The van der Waals surface area contributed by atoms with Gasteiger partial charge in [-0.05, 0) is 110 Å². The molecule has 2 aliphatic rings. The molecule has 3 heterocycles. The van der Waals surface area contributed by atoms with Gasteiger partial charge in [-0.25, -0.2) is 4.79 Å². The third kappa shape index (κ3) is 13.1. The molecule has 12 heteroatoms. The van der Waals surface area contributed by atoms with Gasteiger partial charge in [-0.3, -0.25) is 24.7 Å². The van der Waals surface area contributed by atoms with Gasteiger partial charge in [-0.2, -0.15) is 0 Å². The lowest BCUT2D eigenvalue weighted by atomic mass is 9.94. The Balaban J connectivity index is 0.000000229. The van der Waals surface area contributed by atoms with Gasteiger partial charge in [0, 0.05) is 37.1 Å². The fourth-order valence-electron chi connectivity index (χ4n) is 7.05. The van der Waals surface area contributed by atoms with Gasteiger partial charge in [0.1, 0.15) is 17.1 Å². The number of imide groups is 1. The van der Waals surface area contributed by atoms with E-state index in [1.54, 1.807) is 19.1 Å². The first-order chi connectivity index (χ1) is 28.0. The number of aryl methyl sites for hydroxylation is 1. The maximum absolute atomic E-state index is 13.1. The number of carbonyl (C=O) groups is 4. The summed E-state index contributed by atoms with van der Waals surface area (Å²) in [4.78, 5) is 54.1. The zero-order valence-electron chi connectivity index (χ0n) is 34.0. The standard InChI is InChI=1S/C27H36N2O4.C19H20N2O3S/c1-4-33-25-17-20(12-13-22(25)27(31)32)18-26(30)28-23(16-19(2)3)21-10-6-7-11-24(21)29-14-8-5-9-15-29;1-2-13-3-6-15(20-12-13)9-10-24-16-7-4-14(5-8-16)11-17-18(22)21-19(23)25-17/h6-7,10-13,17,19,23H,4-5,8-9,14-16,18H2,1-3H3,(H,28,30)(H,31,32);3-8,12,17H,2,9-11H2,1H3,(H,21,22,23)/t23-;/m0./s1. The average Bonchev–Trinajstić information content (AvgIpc) is 3.54. The summed E-state index contributed by atoms with van der Waals surface area (Å²) in [6, 6.07) is 25.0. The summed E-state index contributed by atoms with van der Waals surface area (Å²) in [7, 11) is 0. The van der Waals surface area contributed by atoms with Crippen LogP contribution >= 0.6 is 11.8 Å². The van der Waals surface area contributed by atoms with Crippen LogP contribution in [-0.4, -0.2) is 64.7 Å². The van der Waals surface area contributed by atoms with Crippen molar-refractivity contribution in [1.82, 2.24) is 15.6 Å². The number of benzene rings is 3. The number of ether oxygens (including phenoxy) is 2. The van der Waals surface area contributed by atoms with Crippen LogP contribution in [0.15, 0.2) is 85.1 Å². The number of carbonyl (C=O) groups excluding carboxylic acids is 3. The predicted molar refractivity (Wildman–Crippen MR) is 229 cm³/mol. The molecule has 1 unspecified atom stereocenters. The number of piperidine rings is 1. The molecule has 0 aliphatic carbocycles. The van der Waals surface area contributed by atoms with E-state index in [1.165, 1.54) is 36.6 Å². The second kappa shape index (κ2) is 22.0. The molecule has 6 rings (SSSR count). The third-order valence-corrected chi connectivity index (χ3v) is 11.0. The number of hydrogen-bond donors (Lipinski definition) is 3. The van der Waals surface area contributed by atoms with E-state index in [0.717, 1.165) is 72.2 Å². The Morgan fingerprint density at radius 3 is 2.29 bits per heavy atom. The molecule has 2 aliphatic heterocycles. The summed E-state index contributed by atoms with van der Waals surface area (Å²) in [5, 5.41) is 14.3. The Kier molecular flexibility index (Phi) is 16.6. The molecule has 3 N–H and O–H groups in total. The lowest BCUT2D eigenvalue weighted by Crippen LogP contribution is -2.34. The summed E-state index contributed by atoms with van der Waals surface area (Å²) >= 11 is 1.05. The number of para-hydroxylation sites is 1. The number of nitrogens with zero attached hydrogens (tertiary/aromatic N) is 2. The highest BCUT2D eigenvalue weighted by Crippen LogP contribution is 2.32. The Morgan fingerprint density at radius 2 is 1.66 bits per heavy atom. The SMILES string of the molecule is CCOc1cc(CC(=O)N[C@@H](CC(C)C)c2ccccc2N2CCCCC2)ccc1C(=O)O.CCc1ccc(CCOc2ccc(CC3SC(=O)NC3=O)cc2)nc1. The molecule has 0 spiro atoms. The second-order valence-corrected chi connectivity index (χ2v) is 16.1. The number of nitrogens with one attached hydrogen (secondary N) is 2. The van der Waals surface area contributed by atoms with Gasteiger partial charge in [-0.15, -0.1) is 0 Å². The molecule has 0 saturated carbocycles. The fourth-order valence-corrected chi connectivity index (χ4v) is 7.91. The highest BCUT2D eigenvalue weighted by atomic mass is 32.2. The molecule has 1 aromatic heterocycles. The highest BCUT2D eigenvalue weighted by Gasteiger charge is 2.31. The smallest absolute Gasteiger partial charge is 0.339 e. The average molecular weight is 809 g/mol. The first kappa shape index (κ1) is 43.8. The van der Waals surface area contributed by atoms with Crippen LogP contribution < -0.4 is 25.0 Å². The molecule has 2 saturated heterocycles. The minimum atomic E-state index is -1.04. The van der Waals surface area contributed by atoms with Crippen molar-refractivity contribution in [1.29, 1.82) is 0 Å². The largest absolute Gasteiger partial charge is 0.493 e. The summed E-state index contributed by atoms with van der Waals surface area (Å²) in [6.07, 6.45) is 8.88. The van der Waals surface area contributed by atoms with Crippen LogP contribution in [0.25, 0.3) is 0 Å². The van der Waals surface area contributed by atoms with Gasteiger partial charge >= 0.3 is 5.97 Å². The zero-order chi connectivity index (χ0) is 41.4. The van der Waals surface area contributed by atoms with E-state index in [-0.39, 0.29) is 40.3 Å². The van der Waals surface area contributed by atoms with Gasteiger partial charge in [0.2, 0.25) is 11.8 Å². The molecular formula is C46H56N4O7S. The molecule has 0 radical (unpaired) electrons. The van der Waals surface area contributed by atoms with Crippen LogP contribution in [-0.2, 0) is 35.3 Å². The van der Waals surface area contributed by atoms with Crippen molar-refractivity contribution in [2.45, 2.75) is 90.4 Å². The molecular weight excluding hydrogens is 753 g/mol. The predicted octanol–water partition coefficient (Wildman–Crippen LogP) is 8.38. The summed E-state index contributed by atoms with van der Waals surface area (Å²) < 4.78 is 11.2. The van der Waals surface area contributed by atoms with E-state index in [4.69, 9.17) is 9.47 Å². The van der Waals surface area contributed by atoms with Gasteiger partial charge in [0.15, 0.2) is 0 Å². The van der Waals surface area contributed by atoms with E-state index in [9.17, 15) is 24.3 Å². The number of carboxylic acids is 1. The Morgan fingerprint density at radius 1 is 0.931 bits per heavy atom.